The molecular formula is C39H28N2. The number of pyridine rings is 1. The van der Waals surface area contributed by atoms with Crippen LogP contribution in [0.4, 0.5) is 17.1 Å². The largest absolute Gasteiger partial charge is 0.309 e. The van der Waals surface area contributed by atoms with Crippen LogP contribution in [0.3, 0.4) is 0 Å². The molecule has 2 heteroatoms. The summed E-state index contributed by atoms with van der Waals surface area (Å²) < 4.78 is 0. The zero-order chi connectivity index (χ0) is 27.4. The lowest BCUT2D eigenvalue weighted by Gasteiger charge is -2.31. The molecule has 7 rings (SSSR count). The molecule has 0 atom stereocenters. The fourth-order valence-electron chi connectivity index (χ4n) is 5.60. The van der Waals surface area contributed by atoms with E-state index in [-0.39, 0.29) is 0 Å². The van der Waals surface area contributed by atoms with Gasteiger partial charge in [0.25, 0.3) is 0 Å². The minimum atomic E-state index is 0.973. The highest BCUT2D eigenvalue weighted by Crippen LogP contribution is 2.49. The van der Waals surface area contributed by atoms with Crippen molar-refractivity contribution in [2.45, 2.75) is 0 Å². The van der Waals surface area contributed by atoms with Crippen LogP contribution in [0.15, 0.2) is 170 Å². The number of aromatic nitrogens is 1. The van der Waals surface area contributed by atoms with E-state index >= 15 is 0 Å². The zero-order valence-corrected chi connectivity index (χ0v) is 22.6. The number of hydrogen-bond donors (Lipinski definition) is 0. The second-order valence-electron chi connectivity index (χ2n) is 10.0. The Morgan fingerprint density at radius 3 is 1.63 bits per heavy atom. The number of benzene rings is 6. The highest BCUT2D eigenvalue weighted by molar-refractivity contribution is 6.11. The van der Waals surface area contributed by atoms with Gasteiger partial charge in [-0.05, 0) is 64.5 Å². The minimum absolute atomic E-state index is 0.973. The molecule has 41 heavy (non-hydrogen) atoms. The van der Waals surface area contributed by atoms with Crippen molar-refractivity contribution < 1.29 is 0 Å². The topological polar surface area (TPSA) is 16.1 Å². The number of para-hydroxylation sites is 2. The first-order valence-electron chi connectivity index (χ1n) is 13.9. The molecule has 0 aliphatic rings. The van der Waals surface area contributed by atoms with Crippen molar-refractivity contribution in [1.82, 2.24) is 4.98 Å². The Labute approximate surface area is 240 Å². The Morgan fingerprint density at radius 1 is 0.439 bits per heavy atom. The number of nitrogens with zero attached hydrogens (tertiary/aromatic N) is 2. The van der Waals surface area contributed by atoms with Gasteiger partial charge in [-0.15, -0.1) is 0 Å². The van der Waals surface area contributed by atoms with Gasteiger partial charge in [0.1, 0.15) is 0 Å². The van der Waals surface area contributed by atoms with Gasteiger partial charge < -0.3 is 4.90 Å². The highest BCUT2D eigenvalue weighted by Gasteiger charge is 2.23. The third kappa shape index (κ3) is 4.77. The van der Waals surface area contributed by atoms with Crippen molar-refractivity contribution in [3.05, 3.63) is 170 Å². The predicted molar refractivity (Wildman–Crippen MR) is 173 cm³/mol. The van der Waals surface area contributed by atoms with Crippen LogP contribution < -0.4 is 4.90 Å². The highest BCUT2D eigenvalue weighted by atomic mass is 15.1. The number of hydrogen-bond acceptors (Lipinski definition) is 2. The van der Waals surface area contributed by atoms with Crippen LogP contribution in [0.5, 0.6) is 0 Å². The van der Waals surface area contributed by atoms with E-state index < -0.39 is 0 Å². The first-order valence-corrected chi connectivity index (χ1v) is 13.9. The molecule has 0 aliphatic heterocycles. The molecule has 0 radical (unpaired) electrons. The van der Waals surface area contributed by atoms with E-state index in [1.54, 1.807) is 0 Å². The summed E-state index contributed by atoms with van der Waals surface area (Å²) in [5, 5.41) is 2.40. The molecule has 0 fully saturated rings. The van der Waals surface area contributed by atoms with E-state index in [2.05, 4.69) is 162 Å². The van der Waals surface area contributed by atoms with Crippen LogP contribution in [0.2, 0.25) is 0 Å². The quantitative estimate of drug-likeness (QED) is 0.215. The average Bonchev–Trinajstić information content (AvgIpc) is 3.06. The van der Waals surface area contributed by atoms with Gasteiger partial charge in [0.15, 0.2) is 0 Å². The lowest BCUT2D eigenvalue weighted by atomic mass is 9.88. The van der Waals surface area contributed by atoms with Crippen molar-refractivity contribution in [2.75, 3.05) is 4.90 Å². The predicted octanol–water partition coefficient (Wildman–Crippen LogP) is 10.7. The van der Waals surface area contributed by atoms with Crippen LogP contribution in [0, 0.1) is 0 Å². The van der Waals surface area contributed by atoms with Crippen LogP contribution in [0.1, 0.15) is 0 Å². The standard InChI is InChI=1S/C39H28N2/c1-4-14-31(15-5-1)38-36(29-23-25-30(26-24-29)37-22-12-13-27-40-37)28-32-16-10-11-21-35(32)39(38)41(33-17-6-2-7-18-33)34-19-8-3-9-20-34/h1-28H. The summed E-state index contributed by atoms with van der Waals surface area (Å²) in [5.41, 5.74) is 10.2. The molecule has 0 unspecified atom stereocenters. The summed E-state index contributed by atoms with van der Waals surface area (Å²) >= 11 is 0. The number of rotatable bonds is 6. The Bertz CT molecular complexity index is 1860. The molecule has 0 bridgehead atoms. The summed E-state index contributed by atoms with van der Waals surface area (Å²) in [4.78, 5) is 6.95. The average molecular weight is 525 g/mol. The van der Waals surface area contributed by atoms with Crippen LogP contribution >= 0.6 is 0 Å². The van der Waals surface area contributed by atoms with Gasteiger partial charge in [-0.25, -0.2) is 0 Å². The van der Waals surface area contributed by atoms with Gasteiger partial charge in [-0.1, -0.05) is 121 Å². The smallest absolute Gasteiger partial charge is 0.0701 e. The second-order valence-corrected chi connectivity index (χ2v) is 10.0. The van der Waals surface area contributed by atoms with Crippen molar-refractivity contribution in [2.24, 2.45) is 0 Å². The Kier molecular flexibility index (Phi) is 6.56. The summed E-state index contributed by atoms with van der Waals surface area (Å²) in [6, 6.07) is 57.9. The normalized spacial score (nSPS) is 10.9. The molecule has 0 N–H and O–H groups in total. The van der Waals surface area contributed by atoms with E-state index in [9.17, 15) is 0 Å². The Morgan fingerprint density at radius 2 is 1.00 bits per heavy atom. The van der Waals surface area contributed by atoms with Gasteiger partial charge in [0.2, 0.25) is 0 Å². The molecular weight excluding hydrogens is 496 g/mol. The molecule has 0 amide bonds. The van der Waals surface area contributed by atoms with Gasteiger partial charge >= 0.3 is 0 Å². The van der Waals surface area contributed by atoms with Gasteiger partial charge in [-0.2, -0.15) is 0 Å². The third-order valence-electron chi connectivity index (χ3n) is 7.49. The third-order valence-corrected chi connectivity index (χ3v) is 7.49. The monoisotopic (exact) mass is 524 g/mol. The maximum Gasteiger partial charge on any atom is 0.0701 e. The summed E-state index contributed by atoms with van der Waals surface area (Å²) in [6.45, 7) is 0. The molecule has 1 heterocycles. The van der Waals surface area contributed by atoms with Gasteiger partial charge in [0.05, 0.1) is 11.4 Å². The molecule has 0 spiro atoms. The van der Waals surface area contributed by atoms with Crippen LogP contribution in [-0.4, -0.2) is 4.98 Å². The fourth-order valence-corrected chi connectivity index (χ4v) is 5.60. The maximum atomic E-state index is 4.56. The van der Waals surface area contributed by atoms with E-state index in [1.807, 2.05) is 18.3 Å². The van der Waals surface area contributed by atoms with Crippen molar-refractivity contribution in [3.63, 3.8) is 0 Å². The van der Waals surface area contributed by atoms with Gasteiger partial charge in [0, 0.05) is 34.1 Å². The van der Waals surface area contributed by atoms with Crippen LogP contribution in [-0.2, 0) is 0 Å². The van der Waals surface area contributed by atoms with Crippen molar-refractivity contribution in [3.8, 4) is 33.5 Å². The van der Waals surface area contributed by atoms with Gasteiger partial charge in [-0.3, -0.25) is 4.98 Å². The summed E-state index contributed by atoms with van der Waals surface area (Å²) in [7, 11) is 0. The zero-order valence-electron chi connectivity index (χ0n) is 22.6. The number of anilines is 3. The first-order chi connectivity index (χ1) is 20.4. The van der Waals surface area contributed by atoms with Crippen molar-refractivity contribution in [1.29, 1.82) is 0 Å². The molecule has 7 aromatic rings. The van der Waals surface area contributed by atoms with Crippen LogP contribution in [0.25, 0.3) is 44.3 Å². The van der Waals surface area contributed by atoms with E-state index in [1.165, 1.54) is 27.5 Å². The Balaban J connectivity index is 1.55. The molecule has 6 aromatic carbocycles. The Hall–Kier alpha value is -5.47. The lowest BCUT2D eigenvalue weighted by Crippen LogP contribution is -2.12. The maximum absolute atomic E-state index is 4.56. The second kappa shape index (κ2) is 11.0. The summed E-state index contributed by atoms with van der Waals surface area (Å²) in [6.07, 6.45) is 1.84. The molecule has 1 aromatic heterocycles. The number of fused-ring (bicyclic) bond motifs is 1. The van der Waals surface area contributed by atoms with E-state index in [0.717, 1.165) is 33.9 Å². The molecule has 194 valence electrons. The molecule has 2 nitrogen and oxygen atoms in total. The fraction of sp³-hybridized carbons (Fsp3) is 0. The van der Waals surface area contributed by atoms with Crippen molar-refractivity contribution >= 4 is 27.8 Å². The summed E-state index contributed by atoms with van der Waals surface area (Å²) in [5.74, 6) is 0. The SMILES string of the molecule is c1ccc(-c2c(-c3ccc(-c4ccccn4)cc3)cc3ccccc3c2N(c2ccccc2)c2ccccc2)cc1. The first kappa shape index (κ1) is 24.6. The minimum Gasteiger partial charge on any atom is -0.309 e. The molecule has 0 aliphatic carbocycles. The van der Waals surface area contributed by atoms with E-state index in [0.29, 0.717) is 0 Å². The van der Waals surface area contributed by atoms with E-state index in [4.69, 9.17) is 0 Å². The molecule has 0 saturated heterocycles. The molecule has 0 saturated carbocycles. The lowest BCUT2D eigenvalue weighted by molar-refractivity contribution is 1.30.